The van der Waals surface area contributed by atoms with Crippen molar-refractivity contribution in [2.24, 2.45) is 10.7 Å². The maximum atomic E-state index is 13.3. The first-order valence-corrected chi connectivity index (χ1v) is 9.51. The average Bonchev–Trinajstić information content (AvgIpc) is 3.07. The van der Waals surface area contributed by atoms with Gasteiger partial charge in [0.15, 0.2) is 10.8 Å². The van der Waals surface area contributed by atoms with Crippen molar-refractivity contribution in [2.75, 3.05) is 4.90 Å². The van der Waals surface area contributed by atoms with Crippen LogP contribution in [0.4, 0.5) is 5.69 Å². The fourth-order valence-electron chi connectivity index (χ4n) is 3.39. The average molecular weight is 402 g/mol. The molecular weight excluding hydrogens is 386 g/mol. The summed E-state index contributed by atoms with van der Waals surface area (Å²) in [6.07, 6.45) is 0. The Balaban J connectivity index is 1.79. The quantitative estimate of drug-likeness (QED) is 0.822. The van der Waals surface area contributed by atoms with Crippen molar-refractivity contribution in [1.29, 1.82) is 0 Å². The van der Waals surface area contributed by atoms with Crippen LogP contribution in [0.15, 0.2) is 47.5 Å². The number of aliphatic hydroxyl groups is 1. The second-order valence-corrected chi connectivity index (χ2v) is 8.15. The lowest BCUT2D eigenvalue weighted by Gasteiger charge is -2.26. The van der Waals surface area contributed by atoms with Crippen LogP contribution in [-0.2, 0) is 21.7 Å². The fourth-order valence-corrected chi connectivity index (χ4v) is 4.50. The Bertz CT molecular complexity index is 992. The van der Waals surface area contributed by atoms with E-state index in [2.05, 4.69) is 4.99 Å². The summed E-state index contributed by atoms with van der Waals surface area (Å²) in [4.78, 5) is 30.7. The van der Waals surface area contributed by atoms with Crippen LogP contribution in [0.5, 0.6) is 0 Å². The molecule has 0 radical (unpaired) electrons. The third kappa shape index (κ3) is 2.82. The van der Waals surface area contributed by atoms with Gasteiger partial charge in [-0.3, -0.25) is 9.59 Å². The third-order valence-corrected chi connectivity index (χ3v) is 6.10. The Morgan fingerprint density at radius 2 is 1.96 bits per heavy atom. The Kier molecular flexibility index (Phi) is 4.25. The van der Waals surface area contributed by atoms with Crippen molar-refractivity contribution in [2.45, 2.75) is 24.3 Å². The number of carbonyl (C=O) groups excluding carboxylic acids is 2. The summed E-state index contributed by atoms with van der Waals surface area (Å²) < 4.78 is 0. The molecule has 0 aromatic heterocycles. The molecule has 2 amide bonds. The zero-order valence-electron chi connectivity index (χ0n) is 14.3. The fraction of sp³-hybridized carbons (Fsp3) is 0.211. The van der Waals surface area contributed by atoms with Gasteiger partial charge >= 0.3 is 0 Å². The molecule has 3 N–H and O–H groups in total. The summed E-state index contributed by atoms with van der Waals surface area (Å²) in [6, 6.07) is 12.6. The van der Waals surface area contributed by atoms with Gasteiger partial charge in [-0.25, -0.2) is 0 Å². The number of nitrogens with zero attached hydrogens (tertiary/aromatic N) is 2. The minimum atomic E-state index is -2.07. The maximum absolute atomic E-state index is 13.3. The molecule has 138 valence electrons. The Morgan fingerprint density at radius 1 is 1.26 bits per heavy atom. The summed E-state index contributed by atoms with van der Waals surface area (Å²) >= 11 is 7.00. The van der Waals surface area contributed by atoms with E-state index >= 15 is 0 Å². The molecule has 2 heterocycles. The number of amides is 2. The number of amidine groups is 1. The van der Waals surface area contributed by atoms with E-state index in [0.29, 0.717) is 16.3 Å². The van der Waals surface area contributed by atoms with Crippen molar-refractivity contribution >= 4 is 46.0 Å². The highest BCUT2D eigenvalue weighted by molar-refractivity contribution is 8.15. The van der Waals surface area contributed by atoms with Crippen molar-refractivity contribution < 1.29 is 14.7 Å². The second-order valence-electron chi connectivity index (χ2n) is 6.59. The highest BCUT2D eigenvalue weighted by atomic mass is 35.5. The zero-order valence-corrected chi connectivity index (χ0v) is 15.9. The lowest BCUT2D eigenvalue weighted by atomic mass is 9.91. The van der Waals surface area contributed by atoms with Crippen LogP contribution in [0.1, 0.15) is 16.7 Å². The predicted molar refractivity (Wildman–Crippen MR) is 106 cm³/mol. The summed E-state index contributed by atoms with van der Waals surface area (Å²) in [5, 5.41) is 10.7. The molecule has 2 unspecified atom stereocenters. The van der Waals surface area contributed by atoms with Crippen molar-refractivity contribution in [3.8, 4) is 0 Å². The summed E-state index contributed by atoms with van der Waals surface area (Å²) in [7, 11) is 0. The van der Waals surface area contributed by atoms with Crippen LogP contribution < -0.4 is 10.6 Å². The molecule has 2 aromatic carbocycles. The van der Waals surface area contributed by atoms with E-state index in [-0.39, 0.29) is 11.7 Å². The number of rotatable bonds is 3. The molecule has 4 rings (SSSR count). The summed E-state index contributed by atoms with van der Waals surface area (Å²) in [6.45, 7) is 2.24. The molecule has 8 heteroatoms. The molecule has 0 saturated heterocycles. The molecule has 27 heavy (non-hydrogen) atoms. The van der Waals surface area contributed by atoms with E-state index < -0.39 is 22.7 Å². The number of halogens is 1. The van der Waals surface area contributed by atoms with E-state index in [0.717, 1.165) is 22.9 Å². The lowest BCUT2D eigenvalue weighted by molar-refractivity contribution is -0.140. The van der Waals surface area contributed by atoms with Gasteiger partial charge in [0.2, 0.25) is 0 Å². The van der Waals surface area contributed by atoms with Gasteiger partial charge in [-0.2, -0.15) is 4.99 Å². The van der Waals surface area contributed by atoms with Crippen LogP contribution in [0.25, 0.3) is 0 Å². The molecule has 0 aliphatic carbocycles. The smallest absolute Gasteiger partial charge is 0.265 e. The van der Waals surface area contributed by atoms with Gasteiger partial charge in [-0.1, -0.05) is 53.2 Å². The van der Waals surface area contributed by atoms with Gasteiger partial charge in [-0.05, 0) is 30.7 Å². The highest BCUT2D eigenvalue weighted by Crippen LogP contribution is 2.48. The Hall–Kier alpha value is -2.35. The van der Waals surface area contributed by atoms with E-state index in [9.17, 15) is 14.7 Å². The number of thioether (sulfide) groups is 1. The molecule has 0 fully saturated rings. The number of aliphatic imine (C=N–C) groups is 1. The van der Waals surface area contributed by atoms with Crippen LogP contribution >= 0.6 is 23.4 Å². The summed E-state index contributed by atoms with van der Waals surface area (Å²) in [5.74, 6) is -1.22. The van der Waals surface area contributed by atoms with Crippen molar-refractivity contribution in [1.82, 2.24) is 0 Å². The SMILES string of the molecule is Cc1ccc(CN2C(=O)C(O)(C3SC(N)=NC3=O)c3cc(Cl)ccc32)cc1. The first kappa shape index (κ1) is 18.0. The minimum absolute atomic E-state index is 0.0341. The number of hydrogen-bond donors (Lipinski definition) is 2. The first-order valence-electron chi connectivity index (χ1n) is 8.25. The van der Waals surface area contributed by atoms with Crippen molar-refractivity contribution in [3.05, 3.63) is 64.2 Å². The maximum Gasteiger partial charge on any atom is 0.265 e. The molecule has 0 bridgehead atoms. The molecule has 2 aliphatic rings. The second kappa shape index (κ2) is 6.37. The van der Waals surface area contributed by atoms with E-state index in [1.165, 1.54) is 11.0 Å². The van der Waals surface area contributed by atoms with E-state index in [4.69, 9.17) is 17.3 Å². The molecule has 0 saturated carbocycles. The number of fused-ring (bicyclic) bond motifs is 1. The number of benzene rings is 2. The largest absolute Gasteiger partial charge is 0.378 e. The van der Waals surface area contributed by atoms with Gasteiger partial charge in [0.05, 0.1) is 12.2 Å². The molecule has 0 spiro atoms. The van der Waals surface area contributed by atoms with Gasteiger partial charge < -0.3 is 15.7 Å². The molecule has 2 atom stereocenters. The molecular formula is C19H16ClN3O3S. The lowest BCUT2D eigenvalue weighted by Crippen LogP contribution is -2.49. The van der Waals surface area contributed by atoms with Crippen molar-refractivity contribution in [3.63, 3.8) is 0 Å². The van der Waals surface area contributed by atoms with E-state index in [1.54, 1.807) is 12.1 Å². The number of aryl methyl sites for hydroxylation is 1. The summed E-state index contributed by atoms with van der Waals surface area (Å²) in [5.41, 5.74) is 6.39. The topological polar surface area (TPSA) is 96.0 Å². The van der Waals surface area contributed by atoms with Crippen LogP contribution in [0.2, 0.25) is 5.02 Å². The first-order chi connectivity index (χ1) is 12.8. The number of nitrogens with two attached hydrogens (primary N) is 1. The van der Waals surface area contributed by atoms with Gasteiger partial charge in [0.25, 0.3) is 11.8 Å². The van der Waals surface area contributed by atoms with E-state index in [1.807, 2.05) is 31.2 Å². The Morgan fingerprint density at radius 3 is 2.59 bits per heavy atom. The number of hydrogen-bond acceptors (Lipinski definition) is 5. The van der Waals surface area contributed by atoms with Crippen LogP contribution in [0, 0.1) is 6.92 Å². The standard InChI is InChI=1S/C19H16ClN3O3S/c1-10-2-4-11(5-3-10)9-23-14-7-6-12(20)8-13(14)19(26,17(23)25)15-16(24)22-18(21)27-15/h2-8,15,26H,9H2,1H3,(H2,21,22,24). The van der Waals surface area contributed by atoms with Gasteiger partial charge in [0.1, 0.15) is 5.25 Å². The van der Waals surface area contributed by atoms with Crippen LogP contribution in [-0.4, -0.2) is 27.3 Å². The zero-order chi connectivity index (χ0) is 19.3. The van der Waals surface area contributed by atoms with Crippen LogP contribution in [0.3, 0.4) is 0 Å². The molecule has 2 aliphatic heterocycles. The molecule has 6 nitrogen and oxygen atoms in total. The minimum Gasteiger partial charge on any atom is -0.378 e. The monoisotopic (exact) mass is 401 g/mol. The number of anilines is 1. The Labute approximate surface area is 165 Å². The van der Waals surface area contributed by atoms with Gasteiger partial charge in [0, 0.05) is 10.6 Å². The van der Waals surface area contributed by atoms with Gasteiger partial charge in [-0.15, -0.1) is 0 Å². The normalized spacial score (nSPS) is 24.3. The number of carbonyl (C=O) groups is 2. The predicted octanol–water partition coefficient (Wildman–Crippen LogP) is 2.34. The highest BCUT2D eigenvalue weighted by Gasteiger charge is 2.59. The molecule has 2 aromatic rings. The third-order valence-electron chi connectivity index (χ3n) is 4.76.